The lowest BCUT2D eigenvalue weighted by Crippen LogP contribution is -2.26. The number of rotatable bonds is 5. The fourth-order valence-electron chi connectivity index (χ4n) is 1.41. The summed E-state index contributed by atoms with van der Waals surface area (Å²) < 4.78 is 45.0. The number of aromatic amines is 1. The highest BCUT2D eigenvalue weighted by atomic mass is 35.5. The third-order valence-corrected chi connectivity index (χ3v) is 2.45. The number of aromatic nitrogens is 1. The highest BCUT2D eigenvalue weighted by molar-refractivity contribution is 6.17. The van der Waals surface area contributed by atoms with Gasteiger partial charge in [-0.25, -0.2) is 0 Å². The van der Waals surface area contributed by atoms with Crippen molar-refractivity contribution in [3.8, 4) is 5.75 Å². The Bertz CT molecular complexity index is 541. The molecule has 1 N–H and O–H groups in total. The maximum Gasteiger partial charge on any atom is 0.573 e. The second kappa shape index (κ2) is 6.65. The number of pyridine rings is 1. The van der Waals surface area contributed by atoms with E-state index >= 15 is 0 Å². The molecule has 1 heterocycles. The SMILES string of the molecule is CCOC(=O)Cc1c[nH]c(CCl)c(OC(F)(F)F)c1=O. The standard InChI is InChI=1S/C11H11ClF3NO4/c1-2-19-8(17)3-6-5-16-7(4-12)10(9(6)18)20-11(13,14)15/h5H,2-4H2,1H3,(H,16,18). The fraction of sp³-hybridized carbons (Fsp3) is 0.455. The van der Waals surface area contributed by atoms with Crippen molar-refractivity contribution >= 4 is 17.6 Å². The smallest absolute Gasteiger partial charge is 0.466 e. The number of hydrogen-bond acceptors (Lipinski definition) is 4. The first-order valence-corrected chi connectivity index (χ1v) is 6.02. The summed E-state index contributed by atoms with van der Waals surface area (Å²) in [6.07, 6.45) is -4.38. The van der Waals surface area contributed by atoms with Gasteiger partial charge in [-0.05, 0) is 6.92 Å². The topological polar surface area (TPSA) is 68.4 Å². The van der Waals surface area contributed by atoms with Gasteiger partial charge in [0.1, 0.15) is 0 Å². The minimum atomic E-state index is -5.03. The molecule has 0 aliphatic heterocycles. The molecular formula is C11H11ClF3NO4. The Labute approximate surface area is 116 Å². The maximum atomic E-state index is 12.2. The molecule has 0 atom stereocenters. The van der Waals surface area contributed by atoms with Gasteiger partial charge in [-0.15, -0.1) is 24.8 Å². The molecule has 0 unspecified atom stereocenters. The largest absolute Gasteiger partial charge is 0.573 e. The zero-order chi connectivity index (χ0) is 15.3. The molecule has 0 bridgehead atoms. The predicted octanol–water partition coefficient (Wildman–Crippen LogP) is 2.12. The van der Waals surface area contributed by atoms with Gasteiger partial charge in [0.2, 0.25) is 5.43 Å². The second-order valence-corrected chi connectivity index (χ2v) is 3.88. The molecule has 0 aromatic carbocycles. The molecular weight excluding hydrogens is 303 g/mol. The lowest BCUT2D eigenvalue weighted by molar-refractivity contribution is -0.275. The molecule has 0 fully saturated rings. The number of halogens is 4. The normalized spacial score (nSPS) is 11.2. The van der Waals surface area contributed by atoms with E-state index in [2.05, 4.69) is 14.5 Å². The minimum absolute atomic E-state index is 0.0996. The van der Waals surface area contributed by atoms with Crippen LogP contribution in [-0.2, 0) is 21.8 Å². The quantitative estimate of drug-likeness (QED) is 0.668. The summed E-state index contributed by atoms with van der Waals surface area (Å²) in [5.41, 5.74) is -1.47. The molecule has 9 heteroatoms. The van der Waals surface area contributed by atoms with Crippen molar-refractivity contribution < 1.29 is 27.4 Å². The monoisotopic (exact) mass is 313 g/mol. The second-order valence-electron chi connectivity index (χ2n) is 3.61. The summed E-state index contributed by atoms with van der Waals surface area (Å²) in [6, 6.07) is 0. The van der Waals surface area contributed by atoms with E-state index in [0.29, 0.717) is 0 Å². The van der Waals surface area contributed by atoms with E-state index in [1.54, 1.807) is 6.92 Å². The van der Waals surface area contributed by atoms with Gasteiger partial charge in [-0.2, -0.15) is 0 Å². The van der Waals surface area contributed by atoms with Crippen molar-refractivity contribution in [2.75, 3.05) is 6.61 Å². The van der Waals surface area contributed by atoms with Crippen molar-refractivity contribution in [1.82, 2.24) is 4.98 Å². The summed E-state index contributed by atoms with van der Waals surface area (Å²) in [4.78, 5) is 25.5. The number of alkyl halides is 4. The Hall–Kier alpha value is -1.70. The molecule has 0 radical (unpaired) electrons. The first-order chi connectivity index (χ1) is 9.28. The maximum absolute atomic E-state index is 12.2. The van der Waals surface area contributed by atoms with Gasteiger partial charge >= 0.3 is 12.3 Å². The van der Waals surface area contributed by atoms with Crippen LogP contribution in [0.15, 0.2) is 11.0 Å². The van der Waals surface area contributed by atoms with E-state index in [9.17, 15) is 22.8 Å². The van der Waals surface area contributed by atoms with Gasteiger partial charge < -0.3 is 14.5 Å². The van der Waals surface area contributed by atoms with Gasteiger partial charge in [0.25, 0.3) is 0 Å². The number of carbonyl (C=O) groups excluding carboxylic acids is 1. The molecule has 0 saturated heterocycles. The summed E-state index contributed by atoms with van der Waals surface area (Å²) in [5, 5.41) is 0. The fourth-order valence-corrected chi connectivity index (χ4v) is 1.61. The number of hydrogen-bond donors (Lipinski definition) is 1. The van der Waals surface area contributed by atoms with Crippen molar-refractivity contribution in [1.29, 1.82) is 0 Å². The van der Waals surface area contributed by atoms with Crippen LogP contribution in [0.5, 0.6) is 5.75 Å². The van der Waals surface area contributed by atoms with Crippen molar-refractivity contribution in [3.63, 3.8) is 0 Å². The first kappa shape index (κ1) is 16.4. The van der Waals surface area contributed by atoms with Gasteiger partial charge in [-0.1, -0.05) is 0 Å². The Morgan fingerprint density at radius 3 is 2.60 bits per heavy atom. The van der Waals surface area contributed by atoms with Gasteiger partial charge in [0.15, 0.2) is 5.75 Å². The van der Waals surface area contributed by atoms with E-state index < -0.39 is 29.9 Å². The van der Waals surface area contributed by atoms with Crippen LogP contribution in [0.2, 0.25) is 0 Å². The Morgan fingerprint density at radius 1 is 1.45 bits per heavy atom. The van der Waals surface area contributed by atoms with Crippen LogP contribution in [0.1, 0.15) is 18.2 Å². The van der Waals surface area contributed by atoms with Crippen LogP contribution in [0.25, 0.3) is 0 Å². The highest BCUT2D eigenvalue weighted by Gasteiger charge is 2.34. The molecule has 0 amide bonds. The summed E-state index contributed by atoms with van der Waals surface area (Å²) in [6.45, 7) is 1.67. The number of ether oxygens (including phenoxy) is 2. The predicted molar refractivity (Wildman–Crippen MR) is 63.6 cm³/mol. The average Bonchev–Trinajstić information content (AvgIpc) is 2.33. The highest BCUT2D eigenvalue weighted by Crippen LogP contribution is 2.23. The lowest BCUT2D eigenvalue weighted by Gasteiger charge is -2.12. The van der Waals surface area contributed by atoms with E-state index in [1.165, 1.54) is 0 Å². The summed E-state index contributed by atoms with van der Waals surface area (Å²) >= 11 is 5.43. The molecule has 1 rings (SSSR count). The Kier molecular flexibility index (Phi) is 5.43. The van der Waals surface area contributed by atoms with E-state index in [4.69, 9.17) is 11.6 Å². The molecule has 1 aromatic rings. The zero-order valence-electron chi connectivity index (χ0n) is 10.3. The van der Waals surface area contributed by atoms with E-state index in [1.807, 2.05) is 0 Å². The zero-order valence-corrected chi connectivity index (χ0v) is 11.1. The van der Waals surface area contributed by atoms with E-state index in [0.717, 1.165) is 6.20 Å². The number of carbonyl (C=O) groups is 1. The van der Waals surface area contributed by atoms with Gasteiger partial charge in [-0.3, -0.25) is 9.59 Å². The third kappa shape index (κ3) is 4.44. The molecule has 5 nitrogen and oxygen atoms in total. The molecule has 20 heavy (non-hydrogen) atoms. The summed E-state index contributed by atoms with van der Waals surface area (Å²) in [7, 11) is 0. The minimum Gasteiger partial charge on any atom is -0.466 e. The van der Waals surface area contributed by atoms with Crippen LogP contribution in [0, 0.1) is 0 Å². The van der Waals surface area contributed by atoms with Crippen molar-refractivity contribution in [3.05, 3.63) is 27.7 Å². The van der Waals surface area contributed by atoms with Crippen LogP contribution < -0.4 is 10.2 Å². The van der Waals surface area contributed by atoms with Crippen molar-refractivity contribution in [2.45, 2.75) is 25.6 Å². The Balaban J connectivity index is 3.14. The molecule has 0 aliphatic carbocycles. The van der Waals surface area contributed by atoms with Crippen molar-refractivity contribution in [2.24, 2.45) is 0 Å². The van der Waals surface area contributed by atoms with Gasteiger partial charge in [0, 0.05) is 11.8 Å². The molecule has 0 aliphatic rings. The Morgan fingerprint density at radius 2 is 2.10 bits per heavy atom. The first-order valence-electron chi connectivity index (χ1n) is 5.49. The molecule has 0 spiro atoms. The third-order valence-electron chi connectivity index (χ3n) is 2.18. The molecule has 112 valence electrons. The molecule has 0 saturated carbocycles. The summed E-state index contributed by atoms with van der Waals surface area (Å²) in [5.74, 6) is -2.07. The average molecular weight is 314 g/mol. The van der Waals surface area contributed by atoms with Gasteiger partial charge in [0.05, 0.1) is 24.6 Å². The van der Waals surface area contributed by atoms with Crippen LogP contribution >= 0.6 is 11.6 Å². The molecule has 1 aromatic heterocycles. The van der Waals surface area contributed by atoms with Crippen LogP contribution in [-0.4, -0.2) is 23.9 Å². The van der Waals surface area contributed by atoms with Crippen LogP contribution in [0.4, 0.5) is 13.2 Å². The van der Waals surface area contributed by atoms with E-state index in [-0.39, 0.29) is 23.7 Å². The lowest BCUT2D eigenvalue weighted by atomic mass is 10.2. The number of esters is 1. The van der Waals surface area contributed by atoms with Crippen LogP contribution in [0.3, 0.4) is 0 Å². The number of H-pyrrole nitrogens is 1. The number of nitrogens with one attached hydrogen (secondary N) is 1.